The third-order valence-electron chi connectivity index (χ3n) is 3.01. The van der Waals surface area contributed by atoms with Gasteiger partial charge in [-0.15, -0.1) is 0 Å². The Balaban J connectivity index is 2.23. The highest BCUT2D eigenvalue weighted by molar-refractivity contribution is 5.53. The van der Waals surface area contributed by atoms with Crippen LogP contribution in [0.1, 0.15) is 11.1 Å². The molecule has 0 saturated carbocycles. The van der Waals surface area contributed by atoms with Gasteiger partial charge in [0.05, 0.1) is 10.6 Å². The topological polar surface area (TPSA) is 55.2 Å². The highest BCUT2D eigenvalue weighted by atomic mass is 19.1. The molecule has 0 bridgehead atoms. The van der Waals surface area contributed by atoms with Gasteiger partial charge in [0, 0.05) is 18.7 Å². The molecule has 0 spiro atoms. The van der Waals surface area contributed by atoms with Gasteiger partial charge in [-0.25, -0.2) is 8.78 Å². The van der Waals surface area contributed by atoms with Gasteiger partial charge in [0.1, 0.15) is 11.6 Å². The molecule has 0 fully saturated rings. The molecule has 0 unspecified atom stereocenters. The number of anilines is 1. The van der Waals surface area contributed by atoms with Gasteiger partial charge in [0.15, 0.2) is 0 Å². The number of nitrogens with one attached hydrogen (secondary N) is 1. The molecule has 2 aromatic carbocycles. The lowest BCUT2D eigenvalue weighted by atomic mass is 10.1. The van der Waals surface area contributed by atoms with Crippen LogP contribution in [0.3, 0.4) is 0 Å². The summed E-state index contributed by atoms with van der Waals surface area (Å²) in [4.78, 5) is 9.70. The standard InChI is InChI=1S/C14H11F3N2O2/c1-8-4-10(15)3-2-9(8)7-18-13-6-14(19(20)21)12(17)5-11(13)16/h2-6,18H,7H2,1H3. The van der Waals surface area contributed by atoms with E-state index in [1.807, 2.05) is 0 Å². The fourth-order valence-electron chi connectivity index (χ4n) is 1.86. The lowest BCUT2D eigenvalue weighted by Crippen LogP contribution is -2.05. The molecule has 0 aliphatic rings. The highest BCUT2D eigenvalue weighted by Crippen LogP contribution is 2.25. The molecular weight excluding hydrogens is 285 g/mol. The van der Waals surface area contributed by atoms with Gasteiger partial charge in [0.2, 0.25) is 5.82 Å². The fourth-order valence-corrected chi connectivity index (χ4v) is 1.86. The Morgan fingerprint density at radius 1 is 1.14 bits per heavy atom. The number of nitro groups is 1. The first kappa shape index (κ1) is 14.8. The largest absolute Gasteiger partial charge is 0.378 e. The van der Waals surface area contributed by atoms with Crippen LogP contribution in [0.5, 0.6) is 0 Å². The minimum Gasteiger partial charge on any atom is -0.378 e. The lowest BCUT2D eigenvalue weighted by Gasteiger charge is -2.10. The van der Waals surface area contributed by atoms with E-state index in [-0.39, 0.29) is 18.0 Å². The molecule has 2 aromatic rings. The van der Waals surface area contributed by atoms with Gasteiger partial charge in [-0.1, -0.05) is 6.07 Å². The van der Waals surface area contributed by atoms with Crippen molar-refractivity contribution in [3.8, 4) is 0 Å². The first-order valence-corrected chi connectivity index (χ1v) is 6.01. The molecule has 0 amide bonds. The quantitative estimate of drug-likeness (QED) is 0.687. The van der Waals surface area contributed by atoms with Crippen molar-refractivity contribution in [3.63, 3.8) is 0 Å². The molecule has 0 heterocycles. The number of rotatable bonds is 4. The van der Waals surface area contributed by atoms with E-state index in [1.54, 1.807) is 6.92 Å². The van der Waals surface area contributed by atoms with Crippen molar-refractivity contribution >= 4 is 11.4 Å². The maximum Gasteiger partial charge on any atom is 0.307 e. The minimum atomic E-state index is -1.24. The Morgan fingerprint density at radius 2 is 1.86 bits per heavy atom. The average Bonchev–Trinajstić information content (AvgIpc) is 2.39. The Bertz CT molecular complexity index is 705. The van der Waals surface area contributed by atoms with Crippen molar-refractivity contribution in [2.75, 3.05) is 5.32 Å². The molecule has 21 heavy (non-hydrogen) atoms. The zero-order valence-corrected chi connectivity index (χ0v) is 11.0. The van der Waals surface area contributed by atoms with E-state index in [9.17, 15) is 23.3 Å². The second kappa shape index (κ2) is 5.82. The summed E-state index contributed by atoms with van der Waals surface area (Å²) in [6.07, 6.45) is 0. The monoisotopic (exact) mass is 296 g/mol. The van der Waals surface area contributed by atoms with E-state index >= 15 is 0 Å². The Labute approximate surface area is 118 Å². The van der Waals surface area contributed by atoms with E-state index in [1.165, 1.54) is 18.2 Å². The van der Waals surface area contributed by atoms with E-state index in [2.05, 4.69) is 5.32 Å². The number of halogens is 3. The van der Waals surface area contributed by atoms with Crippen LogP contribution < -0.4 is 5.32 Å². The maximum atomic E-state index is 13.6. The van der Waals surface area contributed by atoms with Crippen LogP contribution in [0.4, 0.5) is 24.5 Å². The summed E-state index contributed by atoms with van der Waals surface area (Å²) in [6, 6.07) is 5.35. The molecule has 2 rings (SSSR count). The van der Waals surface area contributed by atoms with Crippen molar-refractivity contribution in [1.29, 1.82) is 0 Å². The summed E-state index contributed by atoms with van der Waals surface area (Å²) >= 11 is 0. The summed E-state index contributed by atoms with van der Waals surface area (Å²) in [7, 11) is 0. The maximum absolute atomic E-state index is 13.6. The molecule has 0 saturated heterocycles. The zero-order chi connectivity index (χ0) is 15.6. The van der Waals surface area contributed by atoms with Crippen molar-refractivity contribution in [1.82, 2.24) is 0 Å². The number of hydrogen-bond donors (Lipinski definition) is 1. The molecule has 1 N–H and O–H groups in total. The number of nitrogens with zero attached hydrogens (tertiary/aromatic N) is 1. The van der Waals surface area contributed by atoms with Gasteiger partial charge in [-0.3, -0.25) is 10.1 Å². The van der Waals surface area contributed by atoms with Gasteiger partial charge < -0.3 is 5.32 Å². The Hall–Kier alpha value is -2.57. The normalized spacial score (nSPS) is 10.5. The molecule has 0 aromatic heterocycles. The van der Waals surface area contributed by atoms with Crippen LogP contribution in [0.25, 0.3) is 0 Å². The minimum absolute atomic E-state index is 0.131. The number of benzene rings is 2. The highest BCUT2D eigenvalue weighted by Gasteiger charge is 2.18. The summed E-state index contributed by atoms with van der Waals surface area (Å²) in [5.74, 6) is -2.56. The van der Waals surface area contributed by atoms with Crippen molar-refractivity contribution in [2.45, 2.75) is 13.5 Å². The van der Waals surface area contributed by atoms with Crippen LogP contribution in [0, 0.1) is 34.5 Å². The van der Waals surface area contributed by atoms with Gasteiger partial charge in [-0.05, 0) is 30.2 Å². The SMILES string of the molecule is Cc1cc(F)ccc1CNc1cc([N+](=O)[O-])c(F)cc1F. The first-order valence-electron chi connectivity index (χ1n) is 6.01. The second-order valence-electron chi connectivity index (χ2n) is 4.46. The molecule has 0 radical (unpaired) electrons. The summed E-state index contributed by atoms with van der Waals surface area (Å²) in [6.45, 7) is 1.81. The predicted molar refractivity (Wildman–Crippen MR) is 71.5 cm³/mol. The van der Waals surface area contributed by atoms with Crippen LogP contribution in [0.15, 0.2) is 30.3 Å². The van der Waals surface area contributed by atoms with Crippen LogP contribution in [-0.2, 0) is 6.54 Å². The predicted octanol–water partition coefficient (Wildman–Crippen LogP) is 3.93. The lowest BCUT2D eigenvalue weighted by molar-refractivity contribution is -0.387. The van der Waals surface area contributed by atoms with Crippen LogP contribution in [0.2, 0.25) is 0 Å². The molecular formula is C14H11F3N2O2. The molecule has 110 valence electrons. The number of aryl methyl sites for hydroxylation is 1. The summed E-state index contributed by atoms with van der Waals surface area (Å²) < 4.78 is 39.7. The zero-order valence-electron chi connectivity index (χ0n) is 11.0. The van der Waals surface area contributed by atoms with E-state index < -0.39 is 22.2 Å². The van der Waals surface area contributed by atoms with E-state index in [0.717, 1.165) is 6.07 Å². The van der Waals surface area contributed by atoms with Gasteiger partial charge in [-0.2, -0.15) is 4.39 Å². The molecule has 0 atom stereocenters. The Morgan fingerprint density at radius 3 is 2.48 bits per heavy atom. The van der Waals surface area contributed by atoms with Gasteiger partial charge >= 0.3 is 5.69 Å². The molecule has 4 nitrogen and oxygen atoms in total. The smallest absolute Gasteiger partial charge is 0.307 e. The molecule has 0 aliphatic carbocycles. The average molecular weight is 296 g/mol. The third kappa shape index (κ3) is 3.31. The number of nitro benzene ring substituents is 1. The number of hydrogen-bond acceptors (Lipinski definition) is 3. The second-order valence-corrected chi connectivity index (χ2v) is 4.46. The summed E-state index contributed by atoms with van der Waals surface area (Å²) in [5.41, 5.74) is 0.351. The third-order valence-corrected chi connectivity index (χ3v) is 3.01. The summed E-state index contributed by atoms with van der Waals surface area (Å²) in [5, 5.41) is 13.3. The van der Waals surface area contributed by atoms with E-state index in [4.69, 9.17) is 0 Å². The molecule has 7 heteroatoms. The Kier molecular flexibility index (Phi) is 4.11. The first-order chi connectivity index (χ1) is 9.88. The van der Waals surface area contributed by atoms with Crippen LogP contribution in [-0.4, -0.2) is 4.92 Å². The van der Waals surface area contributed by atoms with Crippen molar-refractivity contribution in [2.24, 2.45) is 0 Å². The van der Waals surface area contributed by atoms with Crippen molar-refractivity contribution in [3.05, 3.63) is 69.0 Å². The van der Waals surface area contributed by atoms with Gasteiger partial charge in [0.25, 0.3) is 0 Å². The fraction of sp³-hybridized carbons (Fsp3) is 0.143. The molecule has 0 aliphatic heterocycles. The van der Waals surface area contributed by atoms with Crippen LogP contribution >= 0.6 is 0 Å². The van der Waals surface area contributed by atoms with E-state index in [0.29, 0.717) is 17.2 Å². The van der Waals surface area contributed by atoms with Crippen molar-refractivity contribution < 1.29 is 18.1 Å².